The number of nitrogens with two attached hydrogens (primary N) is 1. The van der Waals surface area contributed by atoms with Gasteiger partial charge < -0.3 is 16.2 Å². The Bertz CT molecular complexity index is 474. The highest BCUT2D eigenvalue weighted by molar-refractivity contribution is 5.90. The SMILES string of the molecule is N[C@H](Cc1ccc(O)cc1)C(=O)N[C@@H]1CONC1=O. The summed E-state index contributed by atoms with van der Waals surface area (Å²) in [6.07, 6.45) is 0.321. The predicted molar refractivity (Wildman–Crippen MR) is 65.8 cm³/mol. The number of aromatic hydroxyl groups is 1. The van der Waals surface area contributed by atoms with Crippen molar-refractivity contribution in [2.24, 2.45) is 5.73 Å². The number of hydrogen-bond acceptors (Lipinski definition) is 5. The van der Waals surface area contributed by atoms with E-state index in [0.717, 1.165) is 5.56 Å². The van der Waals surface area contributed by atoms with Gasteiger partial charge in [-0.05, 0) is 24.1 Å². The van der Waals surface area contributed by atoms with Crippen molar-refractivity contribution in [2.75, 3.05) is 6.61 Å². The van der Waals surface area contributed by atoms with Crippen molar-refractivity contribution in [3.63, 3.8) is 0 Å². The largest absolute Gasteiger partial charge is 0.508 e. The summed E-state index contributed by atoms with van der Waals surface area (Å²) in [4.78, 5) is 27.7. The van der Waals surface area contributed by atoms with Crippen molar-refractivity contribution in [1.82, 2.24) is 10.8 Å². The molecule has 0 saturated carbocycles. The third-order valence-electron chi connectivity index (χ3n) is 2.78. The van der Waals surface area contributed by atoms with E-state index in [1.54, 1.807) is 12.1 Å². The number of hydrogen-bond donors (Lipinski definition) is 4. The number of carbonyl (C=O) groups excluding carboxylic acids is 2. The molecule has 1 saturated heterocycles. The number of hydroxylamine groups is 1. The van der Waals surface area contributed by atoms with Crippen LogP contribution in [-0.4, -0.2) is 35.6 Å². The summed E-state index contributed by atoms with van der Waals surface area (Å²) in [5.74, 6) is -0.648. The molecule has 0 unspecified atom stereocenters. The molecule has 1 aliphatic heterocycles. The maximum Gasteiger partial charge on any atom is 0.268 e. The molecule has 7 nitrogen and oxygen atoms in total. The first-order valence-electron chi connectivity index (χ1n) is 5.82. The van der Waals surface area contributed by atoms with Gasteiger partial charge in [0.05, 0.1) is 6.04 Å². The molecule has 2 atom stereocenters. The molecular formula is C12H15N3O4. The number of benzene rings is 1. The summed E-state index contributed by atoms with van der Waals surface area (Å²) in [6.45, 7) is 0.0938. The van der Waals surface area contributed by atoms with Crippen LogP contribution in [0.2, 0.25) is 0 Å². The van der Waals surface area contributed by atoms with Crippen LogP contribution in [0.1, 0.15) is 5.56 Å². The minimum absolute atomic E-state index is 0.0938. The lowest BCUT2D eigenvalue weighted by molar-refractivity contribution is -0.129. The number of phenolic OH excluding ortho intramolecular Hbond substituents is 1. The number of nitrogens with one attached hydrogen (secondary N) is 2. The quantitative estimate of drug-likeness (QED) is 0.546. The van der Waals surface area contributed by atoms with Crippen LogP contribution in [0.4, 0.5) is 0 Å². The van der Waals surface area contributed by atoms with Crippen LogP contribution in [0.15, 0.2) is 24.3 Å². The van der Waals surface area contributed by atoms with Crippen LogP contribution in [0.25, 0.3) is 0 Å². The first-order chi connectivity index (χ1) is 9.06. The van der Waals surface area contributed by atoms with Crippen molar-refractivity contribution in [1.29, 1.82) is 0 Å². The van der Waals surface area contributed by atoms with Gasteiger partial charge in [-0.25, -0.2) is 5.48 Å². The maximum atomic E-state index is 11.8. The molecule has 0 aliphatic carbocycles. The van der Waals surface area contributed by atoms with Gasteiger partial charge in [-0.2, -0.15) is 0 Å². The van der Waals surface area contributed by atoms with Gasteiger partial charge >= 0.3 is 0 Å². The van der Waals surface area contributed by atoms with Gasteiger partial charge in [-0.15, -0.1) is 0 Å². The summed E-state index contributed by atoms with van der Waals surface area (Å²) >= 11 is 0. The Morgan fingerprint density at radius 3 is 2.79 bits per heavy atom. The Hall–Kier alpha value is -2.12. The summed E-state index contributed by atoms with van der Waals surface area (Å²) in [6, 6.07) is 4.97. The van der Waals surface area contributed by atoms with Gasteiger partial charge in [0.15, 0.2) is 0 Å². The van der Waals surface area contributed by atoms with Gasteiger partial charge in [-0.1, -0.05) is 12.1 Å². The standard InChI is InChI=1S/C12H15N3O4/c13-9(5-7-1-3-8(16)4-2-7)11(17)14-10-6-19-15-12(10)18/h1-4,9-10,16H,5-6,13H2,(H,14,17)(H,15,18)/t9-,10-/m1/s1. The molecule has 1 aliphatic rings. The average Bonchev–Trinajstić information content (AvgIpc) is 2.78. The molecule has 1 heterocycles. The minimum Gasteiger partial charge on any atom is -0.508 e. The molecule has 102 valence electrons. The highest BCUT2D eigenvalue weighted by atomic mass is 16.7. The second-order valence-electron chi connectivity index (χ2n) is 4.32. The van der Waals surface area contributed by atoms with E-state index in [1.165, 1.54) is 12.1 Å². The Morgan fingerprint density at radius 2 is 2.21 bits per heavy atom. The molecule has 1 fully saturated rings. The van der Waals surface area contributed by atoms with Crippen LogP contribution in [0.5, 0.6) is 5.75 Å². The van der Waals surface area contributed by atoms with E-state index >= 15 is 0 Å². The molecule has 1 aromatic carbocycles. The van der Waals surface area contributed by atoms with Crippen molar-refractivity contribution in [3.05, 3.63) is 29.8 Å². The van der Waals surface area contributed by atoms with Crippen molar-refractivity contribution in [2.45, 2.75) is 18.5 Å². The Labute approximate surface area is 109 Å². The first-order valence-corrected chi connectivity index (χ1v) is 5.82. The summed E-state index contributed by atoms with van der Waals surface area (Å²) in [7, 11) is 0. The monoisotopic (exact) mass is 265 g/mol. The molecule has 0 radical (unpaired) electrons. The first kappa shape index (κ1) is 13.3. The van der Waals surface area contributed by atoms with Crippen molar-refractivity contribution >= 4 is 11.8 Å². The van der Waals surface area contributed by atoms with Gasteiger partial charge in [0.1, 0.15) is 18.4 Å². The zero-order valence-corrected chi connectivity index (χ0v) is 10.1. The number of rotatable bonds is 4. The van der Waals surface area contributed by atoms with Crippen LogP contribution in [0.3, 0.4) is 0 Å². The Kier molecular flexibility index (Phi) is 3.98. The van der Waals surface area contributed by atoms with Gasteiger partial charge in [0.2, 0.25) is 5.91 Å². The normalized spacial score (nSPS) is 19.8. The molecule has 0 aromatic heterocycles. The fraction of sp³-hybridized carbons (Fsp3) is 0.333. The average molecular weight is 265 g/mol. The summed E-state index contributed by atoms with van der Waals surface area (Å²) in [5, 5.41) is 11.7. The van der Waals surface area contributed by atoms with E-state index in [-0.39, 0.29) is 18.3 Å². The van der Waals surface area contributed by atoms with E-state index in [1.807, 2.05) is 0 Å². The lowest BCUT2D eigenvalue weighted by Gasteiger charge is -2.14. The lowest BCUT2D eigenvalue weighted by Crippen LogP contribution is -2.49. The second kappa shape index (κ2) is 5.68. The van der Waals surface area contributed by atoms with Gasteiger partial charge in [0, 0.05) is 0 Å². The molecule has 5 N–H and O–H groups in total. The molecule has 1 aromatic rings. The van der Waals surface area contributed by atoms with Crippen LogP contribution >= 0.6 is 0 Å². The number of carbonyl (C=O) groups is 2. The summed E-state index contributed by atoms with van der Waals surface area (Å²) in [5.41, 5.74) is 8.74. The van der Waals surface area contributed by atoms with Crippen LogP contribution < -0.4 is 16.5 Å². The van der Waals surface area contributed by atoms with E-state index in [2.05, 4.69) is 10.8 Å². The zero-order chi connectivity index (χ0) is 13.8. The maximum absolute atomic E-state index is 11.8. The fourth-order valence-electron chi connectivity index (χ4n) is 1.71. The molecule has 2 amide bonds. The van der Waals surface area contributed by atoms with E-state index in [9.17, 15) is 9.59 Å². The van der Waals surface area contributed by atoms with Crippen LogP contribution in [-0.2, 0) is 20.8 Å². The molecule has 19 heavy (non-hydrogen) atoms. The van der Waals surface area contributed by atoms with E-state index in [0.29, 0.717) is 6.42 Å². The zero-order valence-electron chi connectivity index (χ0n) is 10.1. The topological polar surface area (TPSA) is 114 Å². The molecule has 0 bridgehead atoms. The van der Waals surface area contributed by atoms with E-state index in [4.69, 9.17) is 15.7 Å². The van der Waals surface area contributed by atoms with Crippen LogP contribution in [0, 0.1) is 0 Å². The van der Waals surface area contributed by atoms with E-state index < -0.39 is 18.0 Å². The van der Waals surface area contributed by atoms with Crippen molar-refractivity contribution < 1.29 is 19.5 Å². The number of amides is 2. The van der Waals surface area contributed by atoms with Crippen molar-refractivity contribution in [3.8, 4) is 5.75 Å². The highest BCUT2D eigenvalue weighted by Gasteiger charge is 2.28. The smallest absolute Gasteiger partial charge is 0.268 e. The highest BCUT2D eigenvalue weighted by Crippen LogP contribution is 2.11. The molecule has 7 heteroatoms. The fourth-order valence-corrected chi connectivity index (χ4v) is 1.71. The number of phenols is 1. The second-order valence-corrected chi connectivity index (χ2v) is 4.32. The van der Waals surface area contributed by atoms with Gasteiger partial charge in [0.25, 0.3) is 5.91 Å². The minimum atomic E-state index is -0.766. The van der Waals surface area contributed by atoms with Gasteiger partial charge in [-0.3, -0.25) is 14.4 Å². The Balaban J connectivity index is 1.88. The predicted octanol–water partition coefficient (Wildman–Crippen LogP) is -1.19. The third kappa shape index (κ3) is 3.43. The Morgan fingerprint density at radius 1 is 1.53 bits per heavy atom. The summed E-state index contributed by atoms with van der Waals surface area (Å²) < 4.78 is 0. The molecule has 2 rings (SSSR count). The lowest BCUT2D eigenvalue weighted by atomic mass is 10.1. The third-order valence-corrected chi connectivity index (χ3v) is 2.78. The molecular weight excluding hydrogens is 250 g/mol. The molecule has 0 spiro atoms.